The number of aliphatic hydroxyl groups excluding tert-OH is 2. The minimum Gasteiger partial charge on any atom is -0.462 e. The van der Waals surface area contributed by atoms with Crippen LogP contribution in [0.2, 0.25) is 0 Å². The molecule has 0 aliphatic rings. The van der Waals surface area contributed by atoms with Crippen LogP contribution in [0.15, 0.2) is 12.2 Å². The van der Waals surface area contributed by atoms with E-state index in [1.54, 1.807) is 0 Å². The van der Waals surface area contributed by atoms with Crippen molar-refractivity contribution in [3.8, 4) is 0 Å². The van der Waals surface area contributed by atoms with Gasteiger partial charge in [0.25, 0.3) is 0 Å². The highest BCUT2D eigenvalue weighted by Crippen LogP contribution is 2.19. The molecule has 0 spiro atoms. The summed E-state index contributed by atoms with van der Waals surface area (Å²) in [6.07, 6.45) is 59.9. The van der Waals surface area contributed by atoms with Gasteiger partial charge < -0.3 is 20.3 Å². The van der Waals surface area contributed by atoms with Crippen molar-refractivity contribution in [2.45, 2.75) is 341 Å². The van der Waals surface area contributed by atoms with E-state index in [0.717, 1.165) is 57.8 Å². The molecular weight excluding hydrogens is 791 g/mol. The smallest absolute Gasteiger partial charge is 0.306 e. The number of unbranched alkanes of at least 4 members (excludes halogenated alkanes) is 39. The Bertz CT molecular complexity index is 970. The van der Waals surface area contributed by atoms with Crippen molar-refractivity contribution >= 4 is 11.9 Å². The third-order valence-electron chi connectivity index (χ3n) is 13.6. The Morgan fingerprint density at radius 3 is 1.12 bits per heavy atom. The van der Waals surface area contributed by atoms with Gasteiger partial charge in [0.05, 0.1) is 25.2 Å². The van der Waals surface area contributed by atoms with E-state index in [4.69, 9.17) is 4.74 Å². The molecule has 6 heteroatoms. The molecule has 3 unspecified atom stereocenters. The average molecular weight is 905 g/mol. The van der Waals surface area contributed by atoms with Crippen LogP contribution in [0.1, 0.15) is 323 Å². The van der Waals surface area contributed by atoms with Crippen molar-refractivity contribution < 1.29 is 24.5 Å². The summed E-state index contributed by atoms with van der Waals surface area (Å²) in [5.41, 5.74) is 0. The Labute approximate surface area is 399 Å². The molecule has 0 aromatic rings. The first-order valence-corrected chi connectivity index (χ1v) is 28.9. The van der Waals surface area contributed by atoms with Gasteiger partial charge in [-0.25, -0.2) is 0 Å². The highest BCUT2D eigenvalue weighted by molar-refractivity contribution is 5.77. The van der Waals surface area contributed by atoms with E-state index in [0.29, 0.717) is 19.3 Å². The molecule has 0 saturated heterocycles. The molecule has 1 amide bonds. The van der Waals surface area contributed by atoms with Gasteiger partial charge in [0, 0.05) is 6.42 Å². The summed E-state index contributed by atoms with van der Waals surface area (Å²) in [6, 6.07) is -0.701. The number of rotatable bonds is 53. The van der Waals surface area contributed by atoms with Crippen LogP contribution >= 0.6 is 0 Å². The molecule has 0 aliphatic heterocycles. The molecule has 380 valence electrons. The largest absolute Gasteiger partial charge is 0.462 e. The number of amides is 1. The number of allylic oxidation sites excluding steroid dienone is 2. The third-order valence-corrected chi connectivity index (χ3v) is 13.6. The number of hydrogen-bond acceptors (Lipinski definition) is 5. The molecule has 0 rings (SSSR count). The molecule has 0 saturated carbocycles. The van der Waals surface area contributed by atoms with Gasteiger partial charge in [-0.3, -0.25) is 9.59 Å². The Hall–Kier alpha value is -1.40. The lowest BCUT2D eigenvalue weighted by Gasteiger charge is -2.24. The Kier molecular flexibility index (Phi) is 51.4. The fourth-order valence-electron chi connectivity index (χ4n) is 9.19. The second-order valence-corrected chi connectivity index (χ2v) is 20.1. The van der Waals surface area contributed by atoms with Crippen LogP contribution < -0.4 is 5.32 Å². The highest BCUT2D eigenvalue weighted by Gasteiger charge is 2.24. The number of esters is 1. The number of carbonyl (C=O) groups excluding carboxylic acids is 2. The first-order valence-electron chi connectivity index (χ1n) is 28.9. The minimum absolute atomic E-state index is 0.0746. The van der Waals surface area contributed by atoms with Gasteiger partial charge in [0.15, 0.2) is 0 Å². The first-order chi connectivity index (χ1) is 31.5. The summed E-state index contributed by atoms with van der Waals surface area (Å²) in [5, 5.41) is 23.9. The standard InChI is InChI=1S/C58H113NO5/c1-4-7-10-13-16-19-22-25-28-30-32-35-38-41-44-47-50-56(61)55(53-60)59-57(62)52-54(49-46-43-40-37-34-31-27-24-21-18-15-12-9-6-3)64-58(63)51-48-45-42-39-36-33-29-26-23-20-17-14-11-8-5-2/h31,34,54-56,60-61H,4-30,32-33,35-53H2,1-3H3,(H,59,62)/b34-31+. The van der Waals surface area contributed by atoms with Crippen molar-refractivity contribution in [3.05, 3.63) is 12.2 Å². The number of nitrogens with one attached hydrogen (secondary N) is 1. The molecule has 3 atom stereocenters. The van der Waals surface area contributed by atoms with Crippen molar-refractivity contribution in [1.29, 1.82) is 0 Å². The predicted molar refractivity (Wildman–Crippen MR) is 278 cm³/mol. The molecule has 0 aromatic carbocycles. The fourth-order valence-corrected chi connectivity index (χ4v) is 9.19. The first kappa shape index (κ1) is 62.6. The van der Waals surface area contributed by atoms with Gasteiger partial charge in [-0.05, 0) is 51.4 Å². The molecule has 0 bridgehead atoms. The SMILES string of the molecule is CCCCCCCCC/C=C/CCCCCC(CC(=O)NC(CO)C(O)CCCCCCCCCCCCCCCCCC)OC(=O)CCCCCCCCCCCCCCCCC. The van der Waals surface area contributed by atoms with E-state index in [1.165, 1.54) is 218 Å². The fraction of sp³-hybridized carbons (Fsp3) is 0.931. The van der Waals surface area contributed by atoms with E-state index in [9.17, 15) is 19.8 Å². The monoisotopic (exact) mass is 904 g/mol. The Morgan fingerprint density at radius 2 is 0.750 bits per heavy atom. The van der Waals surface area contributed by atoms with Gasteiger partial charge in [0.2, 0.25) is 5.91 Å². The van der Waals surface area contributed by atoms with E-state index in [2.05, 4.69) is 38.2 Å². The van der Waals surface area contributed by atoms with Gasteiger partial charge >= 0.3 is 5.97 Å². The second-order valence-electron chi connectivity index (χ2n) is 20.1. The lowest BCUT2D eigenvalue weighted by atomic mass is 10.0. The summed E-state index contributed by atoms with van der Waals surface area (Å²) in [7, 11) is 0. The van der Waals surface area contributed by atoms with Crippen molar-refractivity contribution in [2.24, 2.45) is 0 Å². The summed E-state index contributed by atoms with van der Waals surface area (Å²) < 4.78 is 5.95. The third kappa shape index (κ3) is 47.1. The molecule has 6 nitrogen and oxygen atoms in total. The predicted octanol–water partition coefficient (Wildman–Crippen LogP) is 17.7. The van der Waals surface area contributed by atoms with Gasteiger partial charge in [0.1, 0.15) is 6.10 Å². The molecule has 0 heterocycles. The van der Waals surface area contributed by atoms with E-state index >= 15 is 0 Å². The maximum Gasteiger partial charge on any atom is 0.306 e. The van der Waals surface area contributed by atoms with Crippen LogP contribution in [0.25, 0.3) is 0 Å². The van der Waals surface area contributed by atoms with Gasteiger partial charge in [-0.15, -0.1) is 0 Å². The molecule has 0 aliphatic carbocycles. The average Bonchev–Trinajstić information content (AvgIpc) is 3.29. The van der Waals surface area contributed by atoms with E-state index < -0.39 is 18.2 Å². The molecule has 0 radical (unpaired) electrons. The molecule has 0 aromatic heterocycles. The summed E-state index contributed by atoms with van der Waals surface area (Å²) in [6.45, 7) is 6.52. The number of ether oxygens (including phenoxy) is 1. The number of aliphatic hydroxyl groups is 2. The van der Waals surface area contributed by atoms with E-state index in [1.807, 2.05) is 0 Å². The van der Waals surface area contributed by atoms with Crippen LogP contribution in [0.4, 0.5) is 0 Å². The van der Waals surface area contributed by atoms with Crippen LogP contribution in [-0.4, -0.2) is 46.9 Å². The lowest BCUT2D eigenvalue weighted by molar-refractivity contribution is -0.151. The lowest BCUT2D eigenvalue weighted by Crippen LogP contribution is -2.46. The Morgan fingerprint density at radius 1 is 0.438 bits per heavy atom. The van der Waals surface area contributed by atoms with Crippen molar-refractivity contribution in [2.75, 3.05) is 6.61 Å². The van der Waals surface area contributed by atoms with Crippen molar-refractivity contribution in [1.82, 2.24) is 5.32 Å². The van der Waals surface area contributed by atoms with E-state index in [-0.39, 0.29) is 24.9 Å². The maximum atomic E-state index is 13.3. The highest BCUT2D eigenvalue weighted by atomic mass is 16.5. The topological polar surface area (TPSA) is 95.9 Å². The normalized spacial score (nSPS) is 13.1. The quantitative estimate of drug-likeness (QED) is 0.0321. The second kappa shape index (κ2) is 52.6. The van der Waals surface area contributed by atoms with Gasteiger partial charge in [-0.2, -0.15) is 0 Å². The summed E-state index contributed by atoms with van der Waals surface area (Å²) in [4.78, 5) is 26.2. The molecule has 64 heavy (non-hydrogen) atoms. The molecule has 3 N–H and O–H groups in total. The summed E-state index contributed by atoms with van der Waals surface area (Å²) in [5.74, 6) is -0.467. The Balaban J connectivity index is 4.50. The zero-order valence-corrected chi connectivity index (χ0v) is 43.4. The van der Waals surface area contributed by atoms with Crippen LogP contribution in [0, 0.1) is 0 Å². The number of hydrogen-bond donors (Lipinski definition) is 3. The van der Waals surface area contributed by atoms with Crippen LogP contribution in [0.3, 0.4) is 0 Å². The zero-order valence-electron chi connectivity index (χ0n) is 43.4. The van der Waals surface area contributed by atoms with Crippen LogP contribution in [-0.2, 0) is 14.3 Å². The maximum absolute atomic E-state index is 13.3. The minimum atomic E-state index is -0.787. The van der Waals surface area contributed by atoms with Gasteiger partial charge in [-0.1, -0.05) is 270 Å². The molecule has 0 fully saturated rings. The van der Waals surface area contributed by atoms with Crippen LogP contribution in [0.5, 0.6) is 0 Å². The molecular formula is C58H113NO5. The number of carbonyl (C=O) groups is 2. The summed E-state index contributed by atoms with van der Waals surface area (Å²) >= 11 is 0. The zero-order chi connectivity index (χ0) is 46.7. The van der Waals surface area contributed by atoms with Crippen molar-refractivity contribution in [3.63, 3.8) is 0 Å².